The van der Waals surface area contributed by atoms with Crippen LogP contribution in [0.2, 0.25) is 0 Å². The highest BCUT2D eigenvalue weighted by Crippen LogP contribution is 2.21. The van der Waals surface area contributed by atoms with E-state index >= 15 is 0 Å². The predicted octanol–water partition coefficient (Wildman–Crippen LogP) is 3.36. The van der Waals surface area contributed by atoms with Gasteiger partial charge in [-0.15, -0.1) is 11.3 Å². The van der Waals surface area contributed by atoms with Crippen LogP contribution in [0.1, 0.15) is 15.4 Å². The smallest absolute Gasteiger partial charge is 0.276 e. The quantitative estimate of drug-likeness (QED) is 0.722. The molecule has 1 aliphatic heterocycles. The Balaban J connectivity index is 1.37. The van der Waals surface area contributed by atoms with Crippen LogP contribution in [-0.2, 0) is 6.54 Å². The van der Waals surface area contributed by atoms with Crippen LogP contribution in [0, 0.1) is 0 Å². The summed E-state index contributed by atoms with van der Waals surface area (Å²) in [5, 5.41) is 6.07. The summed E-state index contributed by atoms with van der Waals surface area (Å²) in [5.74, 6) is 0.571. The van der Waals surface area contributed by atoms with Crippen LogP contribution in [0.15, 0.2) is 58.4 Å². The van der Waals surface area contributed by atoms with E-state index in [-0.39, 0.29) is 5.91 Å². The summed E-state index contributed by atoms with van der Waals surface area (Å²) < 4.78 is 5.35. The summed E-state index contributed by atoms with van der Waals surface area (Å²) in [6, 6.07) is 15.7. The van der Waals surface area contributed by atoms with Gasteiger partial charge in [0.15, 0.2) is 11.5 Å². The first kappa shape index (κ1) is 16.1. The molecule has 0 bridgehead atoms. The van der Waals surface area contributed by atoms with Crippen molar-refractivity contribution in [3.63, 3.8) is 0 Å². The molecule has 25 heavy (non-hydrogen) atoms. The molecular formula is C19H19N3O2S. The number of hydrogen-bond donors (Lipinski definition) is 0. The Hall–Kier alpha value is -2.44. The number of nitrogens with zero attached hydrogens (tertiary/aromatic N) is 3. The first-order chi connectivity index (χ1) is 12.3. The molecule has 3 aromatic rings. The van der Waals surface area contributed by atoms with Gasteiger partial charge in [0.05, 0.1) is 0 Å². The maximum Gasteiger partial charge on any atom is 0.276 e. The molecular weight excluding hydrogens is 334 g/mol. The van der Waals surface area contributed by atoms with E-state index in [1.807, 2.05) is 35.2 Å². The minimum Gasteiger partial charge on any atom is -0.355 e. The van der Waals surface area contributed by atoms with Gasteiger partial charge in [0.2, 0.25) is 0 Å². The molecule has 0 N–H and O–H groups in total. The molecule has 0 aliphatic carbocycles. The third-order valence-corrected chi connectivity index (χ3v) is 5.27. The normalized spacial score (nSPS) is 15.4. The summed E-state index contributed by atoms with van der Waals surface area (Å²) in [4.78, 5) is 18.3. The van der Waals surface area contributed by atoms with Crippen molar-refractivity contribution >= 4 is 17.2 Å². The molecule has 1 aromatic carbocycles. The number of rotatable bonds is 4. The van der Waals surface area contributed by atoms with Crippen LogP contribution in [-0.4, -0.2) is 47.0 Å². The van der Waals surface area contributed by atoms with E-state index in [1.165, 1.54) is 4.88 Å². The van der Waals surface area contributed by atoms with E-state index < -0.39 is 0 Å². The van der Waals surface area contributed by atoms with E-state index in [2.05, 4.69) is 27.6 Å². The van der Waals surface area contributed by atoms with Gasteiger partial charge in [-0.25, -0.2) is 0 Å². The number of benzene rings is 1. The van der Waals surface area contributed by atoms with Crippen molar-refractivity contribution in [1.82, 2.24) is 15.0 Å². The van der Waals surface area contributed by atoms with Gasteiger partial charge in [-0.2, -0.15) is 0 Å². The Kier molecular flexibility index (Phi) is 4.63. The van der Waals surface area contributed by atoms with Crippen LogP contribution in [0.5, 0.6) is 0 Å². The second kappa shape index (κ2) is 7.21. The molecule has 6 heteroatoms. The largest absolute Gasteiger partial charge is 0.355 e. The Morgan fingerprint density at radius 3 is 2.60 bits per heavy atom. The molecule has 0 saturated carbocycles. The van der Waals surface area contributed by atoms with Gasteiger partial charge in [0.25, 0.3) is 5.91 Å². The van der Waals surface area contributed by atoms with Crippen molar-refractivity contribution in [2.75, 3.05) is 26.2 Å². The van der Waals surface area contributed by atoms with Crippen LogP contribution < -0.4 is 0 Å². The molecule has 0 atom stereocenters. The Labute approximate surface area is 150 Å². The number of thiophene rings is 1. The molecule has 128 valence electrons. The van der Waals surface area contributed by atoms with Gasteiger partial charge in [0.1, 0.15) is 0 Å². The zero-order chi connectivity index (χ0) is 17.1. The monoisotopic (exact) mass is 353 g/mol. The summed E-state index contributed by atoms with van der Waals surface area (Å²) in [5.41, 5.74) is 1.31. The summed E-state index contributed by atoms with van der Waals surface area (Å²) in [6.45, 7) is 4.16. The third kappa shape index (κ3) is 3.65. The van der Waals surface area contributed by atoms with Gasteiger partial charge in [-0.3, -0.25) is 9.69 Å². The minimum absolute atomic E-state index is 0.0540. The lowest BCUT2D eigenvalue weighted by Crippen LogP contribution is -2.48. The van der Waals surface area contributed by atoms with Gasteiger partial charge >= 0.3 is 0 Å². The average molecular weight is 353 g/mol. The molecule has 0 radical (unpaired) electrons. The molecule has 3 heterocycles. The maximum absolute atomic E-state index is 12.7. The second-order valence-corrected chi connectivity index (χ2v) is 7.12. The van der Waals surface area contributed by atoms with Crippen LogP contribution >= 0.6 is 11.3 Å². The molecule has 1 saturated heterocycles. The fourth-order valence-corrected chi connectivity index (χ4v) is 3.75. The minimum atomic E-state index is -0.0540. The summed E-state index contributed by atoms with van der Waals surface area (Å²) in [7, 11) is 0. The zero-order valence-electron chi connectivity index (χ0n) is 13.8. The SMILES string of the molecule is O=C(c1cc(-c2ccccc2)on1)N1CCN(Cc2cccs2)CC1. The second-order valence-electron chi connectivity index (χ2n) is 6.09. The number of piperazine rings is 1. The predicted molar refractivity (Wildman–Crippen MR) is 97.4 cm³/mol. The molecule has 4 rings (SSSR count). The van der Waals surface area contributed by atoms with Crippen LogP contribution in [0.3, 0.4) is 0 Å². The summed E-state index contributed by atoms with van der Waals surface area (Å²) >= 11 is 1.78. The fourth-order valence-electron chi connectivity index (χ4n) is 3.01. The van der Waals surface area contributed by atoms with Crippen LogP contribution in [0.25, 0.3) is 11.3 Å². The fraction of sp³-hybridized carbons (Fsp3) is 0.263. The highest BCUT2D eigenvalue weighted by atomic mass is 32.1. The third-order valence-electron chi connectivity index (χ3n) is 4.41. The van der Waals surface area contributed by atoms with Crippen molar-refractivity contribution in [3.8, 4) is 11.3 Å². The van der Waals surface area contributed by atoms with Gasteiger partial charge in [0, 0.05) is 49.2 Å². The van der Waals surface area contributed by atoms with Crippen LogP contribution in [0.4, 0.5) is 0 Å². The highest BCUT2D eigenvalue weighted by Gasteiger charge is 2.24. The molecule has 1 fully saturated rings. The van der Waals surface area contributed by atoms with Gasteiger partial charge < -0.3 is 9.42 Å². The van der Waals surface area contributed by atoms with Gasteiger partial charge in [-0.05, 0) is 11.4 Å². The topological polar surface area (TPSA) is 49.6 Å². The molecule has 0 spiro atoms. The first-order valence-electron chi connectivity index (χ1n) is 8.36. The van der Waals surface area contributed by atoms with E-state index in [9.17, 15) is 4.79 Å². The van der Waals surface area contributed by atoms with E-state index in [0.717, 1.165) is 38.3 Å². The van der Waals surface area contributed by atoms with Crippen molar-refractivity contribution in [3.05, 3.63) is 64.5 Å². The lowest BCUT2D eigenvalue weighted by Gasteiger charge is -2.34. The molecule has 0 unspecified atom stereocenters. The first-order valence-corrected chi connectivity index (χ1v) is 9.24. The number of aromatic nitrogens is 1. The molecule has 5 nitrogen and oxygen atoms in total. The highest BCUT2D eigenvalue weighted by molar-refractivity contribution is 7.09. The van der Waals surface area contributed by atoms with Crippen molar-refractivity contribution in [2.45, 2.75) is 6.54 Å². The van der Waals surface area contributed by atoms with Gasteiger partial charge in [-0.1, -0.05) is 41.6 Å². The Bertz CT molecular complexity index is 821. The van der Waals surface area contributed by atoms with Crippen molar-refractivity contribution < 1.29 is 9.32 Å². The average Bonchev–Trinajstić information content (AvgIpc) is 3.34. The summed E-state index contributed by atoms with van der Waals surface area (Å²) in [6.07, 6.45) is 0. The number of hydrogen-bond acceptors (Lipinski definition) is 5. The molecule has 2 aromatic heterocycles. The van der Waals surface area contributed by atoms with E-state index in [4.69, 9.17) is 4.52 Å². The van der Waals surface area contributed by atoms with E-state index in [1.54, 1.807) is 17.4 Å². The molecule has 1 amide bonds. The lowest BCUT2D eigenvalue weighted by molar-refractivity contribution is 0.0619. The number of carbonyl (C=O) groups excluding carboxylic acids is 1. The standard InChI is InChI=1S/C19H19N3O2S/c23-19(17-13-18(24-20-17)15-5-2-1-3-6-15)22-10-8-21(9-11-22)14-16-7-4-12-25-16/h1-7,12-13H,8-11,14H2. The van der Waals surface area contributed by atoms with Crippen molar-refractivity contribution in [2.24, 2.45) is 0 Å². The Morgan fingerprint density at radius 2 is 1.88 bits per heavy atom. The number of amides is 1. The zero-order valence-corrected chi connectivity index (χ0v) is 14.6. The van der Waals surface area contributed by atoms with E-state index in [0.29, 0.717) is 11.5 Å². The lowest BCUT2D eigenvalue weighted by atomic mass is 10.1. The maximum atomic E-state index is 12.7. The number of carbonyl (C=O) groups is 1. The van der Waals surface area contributed by atoms with Crippen molar-refractivity contribution in [1.29, 1.82) is 0 Å². The molecule has 1 aliphatic rings. The Morgan fingerprint density at radius 1 is 1.08 bits per heavy atom.